The quantitative estimate of drug-likeness (QED) is 0.826. The number of primary amides is 1. The molecule has 5 nitrogen and oxygen atoms in total. The summed E-state index contributed by atoms with van der Waals surface area (Å²) in [5, 5.41) is 0. The Hall–Kier alpha value is -2.96. The van der Waals surface area contributed by atoms with Gasteiger partial charge in [-0.15, -0.1) is 0 Å². The Balaban J connectivity index is 1.75. The molecule has 1 atom stereocenters. The summed E-state index contributed by atoms with van der Waals surface area (Å²) in [6, 6.07) is 11.0. The number of halogens is 2. The predicted octanol–water partition coefficient (Wildman–Crippen LogP) is 3.14. The van der Waals surface area contributed by atoms with E-state index < -0.39 is 17.1 Å². The van der Waals surface area contributed by atoms with E-state index in [4.69, 9.17) is 10.5 Å². The molecular formula is C21H22F2N2O3. The van der Waals surface area contributed by atoms with Crippen molar-refractivity contribution in [2.75, 3.05) is 19.7 Å². The van der Waals surface area contributed by atoms with Crippen LogP contribution in [0.25, 0.3) is 0 Å². The maximum atomic E-state index is 13.1. The number of hydrogen-bond acceptors (Lipinski definition) is 3. The highest BCUT2D eigenvalue weighted by atomic mass is 19.1. The van der Waals surface area contributed by atoms with Gasteiger partial charge in [0.15, 0.2) is 0 Å². The molecule has 1 aliphatic heterocycles. The number of amides is 2. The minimum absolute atomic E-state index is 0.0708. The first-order chi connectivity index (χ1) is 13.4. The molecule has 0 saturated carbocycles. The van der Waals surface area contributed by atoms with Crippen molar-refractivity contribution in [1.82, 2.24) is 4.90 Å². The first kappa shape index (κ1) is 19.8. The lowest BCUT2D eigenvalue weighted by molar-refractivity contribution is -0.122. The summed E-state index contributed by atoms with van der Waals surface area (Å²) in [5.74, 6) is -1.000. The molecule has 2 amide bonds. The van der Waals surface area contributed by atoms with Gasteiger partial charge in [0, 0.05) is 30.5 Å². The van der Waals surface area contributed by atoms with E-state index in [1.54, 1.807) is 4.90 Å². The van der Waals surface area contributed by atoms with Crippen LogP contribution in [0.1, 0.15) is 29.6 Å². The van der Waals surface area contributed by atoms with Gasteiger partial charge in [0.25, 0.3) is 5.91 Å². The third kappa shape index (κ3) is 4.85. The molecule has 2 aromatic carbocycles. The van der Waals surface area contributed by atoms with Crippen molar-refractivity contribution >= 4 is 11.8 Å². The number of ether oxygens (including phenoxy) is 1. The average molecular weight is 388 g/mol. The molecule has 1 heterocycles. The van der Waals surface area contributed by atoms with Crippen molar-refractivity contribution in [3.05, 3.63) is 65.7 Å². The maximum absolute atomic E-state index is 13.1. The topological polar surface area (TPSA) is 72.6 Å². The number of likely N-dealkylation sites (tertiary alicyclic amines) is 1. The van der Waals surface area contributed by atoms with Crippen molar-refractivity contribution < 1.29 is 23.1 Å². The van der Waals surface area contributed by atoms with Crippen LogP contribution in [-0.4, -0.2) is 36.4 Å². The van der Waals surface area contributed by atoms with Crippen molar-refractivity contribution in [3.8, 4) is 5.75 Å². The zero-order chi connectivity index (χ0) is 20.1. The number of carbonyl (C=O) groups excluding carboxylic acids is 2. The number of rotatable bonds is 6. The van der Waals surface area contributed by atoms with Gasteiger partial charge >= 0.3 is 0 Å². The summed E-state index contributed by atoms with van der Waals surface area (Å²) in [5.41, 5.74) is 5.21. The standard InChI is InChI=1S/C21H22F2N2O3/c22-16-4-2-15(3-5-16)20(27)25-11-1-10-21(13-25,12-19(24)26)14-28-18-8-6-17(23)7-9-18/h2-9H,1,10-14H2,(H2,24,26). The predicted molar refractivity (Wildman–Crippen MR) is 99.7 cm³/mol. The molecule has 0 bridgehead atoms. The fourth-order valence-electron chi connectivity index (χ4n) is 3.61. The molecule has 0 spiro atoms. The molecule has 1 unspecified atom stereocenters. The van der Waals surface area contributed by atoms with Crippen molar-refractivity contribution in [3.63, 3.8) is 0 Å². The number of nitrogens with zero attached hydrogens (tertiary/aromatic N) is 1. The third-order valence-electron chi connectivity index (χ3n) is 4.95. The van der Waals surface area contributed by atoms with Gasteiger partial charge in [-0.1, -0.05) is 0 Å². The fraction of sp³-hybridized carbons (Fsp3) is 0.333. The van der Waals surface area contributed by atoms with Gasteiger partial charge in [0.05, 0.1) is 6.61 Å². The minimum Gasteiger partial charge on any atom is -0.493 e. The molecule has 148 valence electrons. The summed E-state index contributed by atoms with van der Waals surface area (Å²) < 4.78 is 32.0. The lowest BCUT2D eigenvalue weighted by Gasteiger charge is -2.42. The molecule has 7 heteroatoms. The van der Waals surface area contributed by atoms with E-state index in [9.17, 15) is 18.4 Å². The van der Waals surface area contributed by atoms with E-state index in [1.165, 1.54) is 48.5 Å². The molecule has 1 saturated heterocycles. The number of hydrogen-bond donors (Lipinski definition) is 1. The first-order valence-corrected chi connectivity index (χ1v) is 9.08. The highest BCUT2D eigenvalue weighted by Gasteiger charge is 2.39. The Kier molecular flexibility index (Phi) is 5.92. The summed E-state index contributed by atoms with van der Waals surface area (Å²) in [6.45, 7) is 1.01. The van der Waals surface area contributed by atoms with Crippen LogP contribution < -0.4 is 10.5 Å². The van der Waals surface area contributed by atoms with E-state index >= 15 is 0 Å². The molecule has 0 aliphatic carbocycles. The van der Waals surface area contributed by atoms with Gasteiger partial charge in [0.1, 0.15) is 17.4 Å². The van der Waals surface area contributed by atoms with E-state index in [2.05, 4.69) is 0 Å². The normalized spacial score (nSPS) is 19.3. The van der Waals surface area contributed by atoms with Gasteiger partial charge in [-0.2, -0.15) is 0 Å². The van der Waals surface area contributed by atoms with E-state index in [-0.39, 0.29) is 24.8 Å². The summed E-state index contributed by atoms with van der Waals surface area (Å²) in [7, 11) is 0. The Labute approximate surface area is 162 Å². The van der Waals surface area contributed by atoms with Crippen molar-refractivity contribution in [2.45, 2.75) is 19.3 Å². The molecule has 2 aromatic rings. The van der Waals surface area contributed by atoms with Crippen LogP contribution >= 0.6 is 0 Å². The van der Waals surface area contributed by atoms with E-state index in [1.807, 2.05) is 0 Å². The molecule has 0 aromatic heterocycles. The molecule has 1 fully saturated rings. The van der Waals surface area contributed by atoms with Crippen molar-refractivity contribution in [2.24, 2.45) is 11.1 Å². The Bertz CT molecular complexity index is 840. The van der Waals surface area contributed by atoms with Crippen LogP contribution in [0.15, 0.2) is 48.5 Å². The highest BCUT2D eigenvalue weighted by molar-refractivity contribution is 5.94. The second-order valence-corrected chi connectivity index (χ2v) is 7.22. The largest absolute Gasteiger partial charge is 0.493 e. The summed E-state index contributed by atoms with van der Waals surface area (Å²) >= 11 is 0. The van der Waals surface area contributed by atoms with Crippen LogP contribution in [-0.2, 0) is 4.79 Å². The fourth-order valence-corrected chi connectivity index (χ4v) is 3.61. The molecular weight excluding hydrogens is 366 g/mol. The van der Waals surface area contributed by atoms with Crippen LogP contribution in [0.2, 0.25) is 0 Å². The minimum atomic E-state index is -0.631. The number of nitrogens with two attached hydrogens (primary N) is 1. The lowest BCUT2D eigenvalue weighted by atomic mass is 9.77. The second-order valence-electron chi connectivity index (χ2n) is 7.22. The van der Waals surface area contributed by atoms with Gasteiger partial charge < -0.3 is 15.4 Å². The second kappa shape index (κ2) is 8.37. The van der Waals surface area contributed by atoms with Crippen LogP contribution in [0.3, 0.4) is 0 Å². The van der Waals surface area contributed by atoms with E-state index in [0.717, 1.165) is 0 Å². The van der Waals surface area contributed by atoms with Crippen LogP contribution in [0, 0.1) is 17.0 Å². The number of piperidine rings is 1. The third-order valence-corrected chi connectivity index (χ3v) is 4.95. The van der Waals surface area contributed by atoms with Crippen LogP contribution in [0.5, 0.6) is 5.75 Å². The monoisotopic (exact) mass is 388 g/mol. The Morgan fingerprint density at radius 2 is 1.64 bits per heavy atom. The highest BCUT2D eigenvalue weighted by Crippen LogP contribution is 2.35. The first-order valence-electron chi connectivity index (χ1n) is 9.08. The van der Waals surface area contributed by atoms with Gasteiger partial charge in [-0.05, 0) is 61.4 Å². The lowest BCUT2D eigenvalue weighted by Crippen LogP contribution is -2.50. The van der Waals surface area contributed by atoms with E-state index in [0.29, 0.717) is 37.2 Å². The Morgan fingerprint density at radius 1 is 1.04 bits per heavy atom. The summed E-state index contributed by atoms with van der Waals surface area (Å²) in [4.78, 5) is 26.1. The smallest absolute Gasteiger partial charge is 0.253 e. The van der Waals surface area contributed by atoms with Crippen molar-refractivity contribution in [1.29, 1.82) is 0 Å². The van der Waals surface area contributed by atoms with Crippen LogP contribution in [0.4, 0.5) is 8.78 Å². The molecule has 3 rings (SSSR count). The average Bonchev–Trinajstić information content (AvgIpc) is 2.67. The summed E-state index contributed by atoms with van der Waals surface area (Å²) in [6.07, 6.45) is 1.43. The Morgan fingerprint density at radius 3 is 2.25 bits per heavy atom. The molecule has 28 heavy (non-hydrogen) atoms. The zero-order valence-electron chi connectivity index (χ0n) is 15.4. The maximum Gasteiger partial charge on any atom is 0.253 e. The zero-order valence-corrected chi connectivity index (χ0v) is 15.4. The number of carbonyl (C=O) groups is 2. The number of benzene rings is 2. The van der Waals surface area contributed by atoms with Gasteiger partial charge in [-0.25, -0.2) is 8.78 Å². The van der Waals surface area contributed by atoms with Gasteiger partial charge in [0.2, 0.25) is 5.91 Å². The molecule has 2 N–H and O–H groups in total. The molecule has 1 aliphatic rings. The molecule has 0 radical (unpaired) electrons. The van der Waals surface area contributed by atoms with Gasteiger partial charge in [-0.3, -0.25) is 9.59 Å². The SMILES string of the molecule is NC(=O)CC1(COc2ccc(F)cc2)CCCN(C(=O)c2ccc(F)cc2)C1.